The van der Waals surface area contributed by atoms with Crippen LogP contribution < -0.4 is 5.73 Å². The molecular formula is C12H18NO8P. The van der Waals surface area contributed by atoms with Crippen molar-refractivity contribution in [3.8, 4) is 0 Å². The lowest BCUT2D eigenvalue weighted by Crippen LogP contribution is -2.38. The van der Waals surface area contributed by atoms with Gasteiger partial charge in [0.2, 0.25) is 0 Å². The smallest absolute Gasteiger partial charge is 0.398 e. The Bertz CT molecular complexity index is 564. The van der Waals surface area contributed by atoms with Gasteiger partial charge in [0.25, 0.3) is 0 Å². The van der Waals surface area contributed by atoms with Crippen LogP contribution in [0.25, 0.3) is 0 Å². The number of rotatable bonds is 5. The fourth-order valence-electron chi connectivity index (χ4n) is 2.41. The largest absolute Gasteiger partial charge is 0.470 e. The number of hydrogen-bond donors (Lipinski definition) is 6. The zero-order valence-corrected chi connectivity index (χ0v) is 12.3. The Kier molecular flexibility index (Phi) is 5.21. The molecule has 0 amide bonds. The maximum absolute atomic E-state index is 11.0. The Morgan fingerprint density at radius 3 is 2.55 bits per heavy atom. The lowest BCUT2D eigenvalue weighted by Gasteiger charge is -2.25. The van der Waals surface area contributed by atoms with Crippen molar-refractivity contribution < 1.29 is 38.9 Å². The number of ether oxygens (including phenoxy) is 1. The van der Waals surface area contributed by atoms with E-state index >= 15 is 0 Å². The van der Waals surface area contributed by atoms with Crippen LogP contribution in [0.4, 0.5) is 5.69 Å². The zero-order valence-electron chi connectivity index (χ0n) is 11.4. The van der Waals surface area contributed by atoms with Crippen molar-refractivity contribution in [2.45, 2.75) is 30.5 Å². The third-order valence-corrected chi connectivity index (χ3v) is 3.96. The third-order valence-electron chi connectivity index (χ3n) is 3.44. The number of hydrogen-bond acceptors (Lipinski definition) is 7. The Morgan fingerprint density at radius 1 is 1.36 bits per heavy atom. The summed E-state index contributed by atoms with van der Waals surface area (Å²) in [6.07, 6.45) is -6.87. The molecule has 0 spiro atoms. The molecule has 0 bridgehead atoms. The highest BCUT2D eigenvalue weighted by atomic mass is 31.2. The number of nitrogen functional groups attached to an aromatic ring is 1. The van der Waals surface area contributed by atoms with Crippen LogP contribution in [0.15, 0.2) is 24.3 Å². The number of nitrogens with two attached hydrogens (primary N) is 1. The normalized spacial score (nSPS) is 30.4. The van der Waals surface area contributed by atoms with E-state index < -0.39 is 44.9 Å². The molecule has 2 unspecified atom stereocenters. The average molecular weight is 335 g/mol. The molecule has 1 aromatic carbocycles. The summed E-state index contributed by atoms with van der Waals surface area (Å²) in [7, 11) is -4.93. The van der Waals surface area contributed by atoms with Crippen LogP contribution in [-0.2, 0) is 13.8 Å². The van der Waals surface area contributed by atoms with Gasteiger partial charge in [0.05, 0.1) is 6.61 Å². The second kappa shape index (κ2) is 6.61. The molecule has 9 nitrogen and oxygen atoms in total. The monoisotopic (exact) mass is 335 g/mol. The molecule has 1 saturated heterocycles. The molecule has 10 heteroatoms. The van der Waals surface area contributed by atoms with Gasteiger partial charge in [0.15, 0.2) is 0 Å². The topological polar surface area (TPSA) is 163 Å². The highest BCUT2D eigenvalue weighted by Crippen LogP contribution is 2.44. The summed E-state index contributed by atoms with van der Waals surface area (Å²) >= 11 is 0. The fraction of sp³-hybridized carbons (Fsp3) is 0.500. The summed E-state index contributed by atoms with van der Waals surface area (Å²) in [4.78, 5) is 17.9. The lowest BCUT2D eigenvalue weighted by molar-refractivity contribution is -0.0747. The Labute approximate surface area is 126 Å². The van der Waals surface area contributed by atoms with Gasteiger partial charge < -0.3 is 35.6 Å². The first kappa shape index (κ1) is 17.3. The molecule has 0 aliphatic carbocycles. The van der Waals surface area contributed by atoms with Crippen molar-refractivity contribution in [1.82, 2.24) is 0 Å². The summed E-state index contributed by atoms with van der Waals surface area (Å²) < 4.78 is 20.8. The van der Waals surface area contributed by atoms with E-state index in [9.17, 15) is 14.8 Å². The number of aliphatic hydroxyl groups is 3. The number of aliphatic hydroxyl groups excluding tert-OH is 3. The van der Waals surface area contributed by atoms with E-state index in [2.05, 4.69) is 4.52 Å². The van der Waals surface area contributed by atoms with Crippen LogP contribution in [0.1, 0.15) is 11.7 Å². The van der Waals surface area contributed by atoms with Crippen LogP contribution in [0.5, 0.6) is 0 Å². The molecule has 22 heavy (non-hydrogen) atoms. The van der Waals surface area contributed by atoms with Crippen LogP contribution in [0.2, 0.25) is 0 Å². The summed E-state index contributed by atoms with van der Waals surface area (Å²) in [6.45, 7) is -0.602. The quantitative estimate of drug-likeness (QED) is 0.289. The molecule has 7 N–H and O–H groups in total. The molecule has 124 valence electrons. The summed E-state index contributed by atoms with van der Waals surface area (Å²) in [5.74, 6) is 0. The predicted molar refractivity (Wildman–Crippen MR) is 74.5 cm³/mol. The van der Waals surface area contributed by atoms with Gasteiger partial charge in [0.1, 0.15) is 30.5 Å². The van der Waals surface area contributed by atoms with Crippen molar-refractivity contribution in [2.24, 2.45) is 0 Å². The molecule has 5 atom stereocenters. The third kappa shape index (κ3) is 3.65. The van der Waals surface area contributed by atoms with Gasteiger partial charge in [-0.15, -0.1) is 0 Å². The minimum Gasteiger partial charge on any atom is -0.398 e. The lowest BCUT2D eigenvalue weighted by atomic mass is 9.97. The van der Waals surface area contributed by atoms with E-state index in [4.69, 9.17) is 25.4 Å². The molecule has 1 aromatic rings. The van der Waals surface area contributed by atoms with E-state index in [0.29, 0.717) is 0 Å². The standard InChI is InChI=1S/C12H18NO8P/c13-7-4-2-1-3-6(7)9(15)11-12(21-22(17,18)19)10(16)8(5-14)20-11/h1-4,8-12,14-16H,5,13H2,(H2,17,18,19)/t8-,9?,10-,11?,12-/m1/s1. The van der Waals surface area contributed by atoms with Crippen LogP contribution >= 0.6 is 7.82 Å². The van der Waals surface area contributed by atoms with E-state index in [1.807, 2.05) is 0 Å². The average Bonchev–Trinajstić information content (AvgIpc) is 2.74. The van der Waals surface area contributed by atoms with Gasteiger partial charge >= 0.3 is 7.82 Å². The number of phosphoric ester groups is 1. The van der Waals surface area contributed by atoms with Crippen molar-refractivity contribution in [1.29, 1.82) is 0 Å². The SMILES string of the molecule is Nc1ccccc1C(O)C1O[C@H](CO)[C@@H](O)[C@H]1OP(=O)(O)O. The molecule has 0 radical (unpaired) electrons. The number of phosphoric acid groups is 1. The van der Waals surface area contributed by atoms with E-state index in [0.717, 1.165) is 0 Å². The molecule has 1 heterocycles. The predicted octanol–water partition coefficient (Wildman–Crippen LogP) is -1.10. The maximum Gasteiger partial charge on any atom is 0.470 e. The van der Waals surface area contributed by atoms with Crippen LogP contribution in [0.3, 0.4) is 0 Å². The van der Waals surface area contributed by atoms with Gasteiger partial charge in [-0.1, -0.05) is 18.2 Å². The molecule has 0 aromatic heterocycles. The highest BCUT2D eigenvalue weighted by Gasteiger charge is 2.50. The van der Waals surface area contributed by atoms with Gasteiger partial charge in [0, 0.05) is 11.3 Å². The van der Waals surface area contributed by atoms with Crippen molar-refractivity contribution in [3.63, 3.8) is 0 Å². The second-order valence-electron chi connectivity index (χ2n) is 4.95. The maximum atomic E-state index is 11.0. The summed E-state index contributed by atoms with van der Waals surface area (Å²) in [6, 6.07) is 6.31. The molecule has 0 saturated carbocycles. The van der Waals surface area contributed by atoms with Crippen molar-refractivity contribution in [2.75, 3.05) is 12.3 Å². The molecule has 1 aliphatic heterocycles. The number of para-hydroxylation sites is 1. The minimum atomic E-state index is -4.93. The van der Waals surface area contributed by atoms with Gasteiger partial charge in [-0.25, -0.2) is 4.57 Å². The van der Waals surface area contributed by atoms with E-state index in [-0.39, 0.29) is 11.3 Å². The highest BCUT2D eigenvalue weighted by molar-refractivity contribution is 7.46. The fourth-order valence-corrected chi connectivity index (χ4v) is 2.97. The van der Waals surface area contributed by atoms with Crippen LogP contribution in [0, 0.1) is 0 Å². The Balaban J connectivity index is 2.30. The zero-order chi connectivity index (χ0) is 16.5. The first-order chi connectivity index (χ1) is 10.2. The minimum absolute atomic E-state index is 0.246. The first-order valence-electron chi connectivity index (χ1n) is 6.45. The van der Waals surface area contributed by atoms with Crippen molar-refractivity contribution >= 4 is 13.5 Å². The van der Waals surface area contributed by atoms with Gasteiger partial charge in [-0.2, -0.15) is 0 Å². The van der Waals surface area contributed by atoms with Gasteiger partial charge in [-0.05, 0) is 6.07 Å². The molecule has 1 fully saturated rings. The summed E-state index contributed by atoms with van der Waals surface area (Å²) in [5.41, 5.74) is 6.25. The molecule has 1 aliphatic rings. The number of benzene rings is 1. The first-order valence-corrected chi connectivity index (χ1v) is 7.98. The van der Waals surface area contributed by atoms with E-state index in [1.54, 1.807) is 12.1 Å². The van der Waals surface area contributed by atoms with Crippen LogP contribution in [-0.4, -0.2) is 56.1 Å². The number of anilines is 1. The Morgan fingerprint density at radius 2 is 2.00 bits per heavy atom. The summed E-state index contributed by atoms with van der Waals surface area (Å²) in [5, 5.41) is 29.5. The van der Waals surface area contributed by atoms with Crippen molar-refractivity contribution in [3.05, 3.63) is 29.8 Å². The van der Waals surface area contributed by atoms with E-state index in [1.165, 1.54) is 12.1 Å². The molecular weight excluding hydrogens is 317 g/mol. The van der Waals surface area contributed by atoms with Gasteiger partial charge in [-0.3, -0.25) is 4.52 Å². The second-order valence-corrected chi connectivity index (χ2v) is 6.14. The molecule has 2 rings (SSSR count). The Hall–Kier alpha value is -1.03.